The fraction of sp³-hybridized carbons (Fsp3) is 0. The first-order valence-corrected chi connectivity index (χ1v) is 19.6. The van der Waals surface area contributed by atoms with Crippen molar-refractivity contribution < 1.29 is 0 Å². The molecule has 0 aliphatic heterocycles. The van der Waals surface area contributed by atoms with Gasteiger partial charge in [0.15, 0.2) is 0 Å². The Kier molecular flexibility index (Phi) is 6.93. The van der Waals surface area contributed by atoms with E-state index in [1.165, 1.54) is 93.4 Å². The van der Waals surface area contributed by atoms with Crippen LogP contribution >= 0.6 is 0 Å². The Morgan fingerprint density at radius 2 is 0.544 bits per heavy atom. The van der Waals surface area contributed by atoms with Gasteiger partial charge in [0.25, 0.3) is 0 Å². The molecule has 266 valence electrons. The predicted octanol–water partition coefficient (Wildman–Crippen LogP) is 14.3. The molecule has 0 bridgehead atoms. The molecule has 3 heteroatoms. The van der Waals surface area contributed by atoms with Gasteiger partial charge in [0.1, 0.15) is 0 Å². The maximum atomic E-state index is 2.45. The molecule has 0 amide bonds. The lowest BCUT2D eigenvalue weighted by molar-refractivity contribution is 1.16. The van der Waals surface area contributed by atoms with E-state index < -0.39 is 0 Å². The molecule has 0 saturated heterocycles. The number of hydrogen-bond donors (Lipinski definition) is 0. The summed E-state index contributed by atoms with van der Waals surface area (Å²) >= 11 is 0. The lowest BCUT2D eigenvalue weighted by Gasteiger charge is -2.11. The Bertz CT molecular complexity index is 3480. The molecule has 0 radical (unpaired) electrons. The molecule has 0 atom stereocenters. The molecule has 9 aromatic carbocycles. The van der Waals surface area contributed by atoms with Gasteiger partial charge in [0.05, 0.1) is 33.1 Å². The van der Waals surface area contributed by atoms with Crippen LogP contribution in [0.1, 0.15) is 0 Å². The highest BCUT2D eigenvalue weighted by Gasteiger charge is 2.20. The fourth-order valence-corrected chi connectivity index (χ4v) is 9.24. The van der Waals surface area contributed by atoms with Crippen LogP contribution in [0.3, 0.4) is 0 Å². The van der Waals surface area contributed by atoms with Crippen molar-refractivity contribution in [2.24, 2.45) is 0 Å². The van der Waals surface area contributed by atoms with E-state index in [4.69, 9.17) is 0 Å². The van der Waals surface area contributed by atoms with Crippen molar-refractivity contribution in [2.75, 3.05) is 0 Å². The Balaban J connectivity index is 1.11. The summed E-state index contributed by atoms with van der Waals surface area (Å²) in [5.41, 5.74) is 15.5. The summed E-state index contributed by atoms with van der Waals surface area (Å²) < 4.78 is 7.25. The zero-order valence-corrected chi connectivity index (χ0v) is 31.0. The molecular weight excluding hydrogens is 691 g/mol. The third kappa shape index (κ3) is 4.86. The van der Waals surface area contributed by atoms with E-state index in [1.54, 1.807) is 0 Å². The minimum atomic E-state index is 1.14. The lowest BCUT2D eigenvalue weighted by Crippen LogP contribution is -1.96. The van der Waals surface area contributed by atoms with E-state index in [2.05, 4.69) is 226 Å². The molecule has 0 aliphatic rings. The van der Waals surface area contributed by atoms with Crippen LogP contribution in [-0.2, 0) is 0 Å². The Morgan fingerprint density at radius 1 is 0.193 bits per heavy atom. The standard InChI is InChI=1S/C54H35N3/c1-4-14-36(15-5-1)37-24-28-42(29-25-37)57-52-31-27-39(38-26-30-51-45(32-38)43-20-10-12-22-49(43)55(51)40-16-6-2-7-17-40)33-46(52)48-34-47-44-21-11-13-23-50(44)56(53(47)35-54(48)57)41-18-8-3-9-19-41/h1-35H. The molecule has 3 heterocycles. The smallest absolute Gasteiger partial charge is 0.0562 e. The quantitative estimate of drug-likeness (QED) is 0.168. The molecule has 0 spiro atoms. The second-order valence-corrected chi connectivity index (χ2v) is 15.0. The number of benzene rings is 9. The topological polar surface area (TPSA) is 14.8 Å². The third-order valence-corrected chi connectivity index (χ3v) is 11.8. The van der Waals surface area contributed by atoms with Crippen LogP contribution in [-0.4, -0.2) is 13.7 Å². The van der Waals surface area contributed by atoms with E-state index in [-0.39, 0.29) is 0 Å². The molecule has 12 aromatic rings. The summed E-state index contributed by atoms with van der Waals surface area (Å²) in [6, 6.07) is 77.4. The van der Waals surface area contributed by atoms with Crippen molar-refractivity contribution in [3.05, 3.63) is 212 Å². The first-order chi connectivity index (χ1) is 28.3. The highest BCUT2D eigenvalue weighted by atomic mass is 15.0. The molecule has 0 unspecified atom stereocenters. The van der Waals surface area contributed by atoms with E-state index in [9.17, 15) is 0 Å². The minimum absolute atomic E-state index is 1.14. The number of fused-ring (bicyclic) bond motifs is 9. The number of hydrogen-bond acceptors (Lipinski definition) is 0. The van der Waals surface area contributed by atoms with Crippen molar-refractivity contribution in [2.45, 2.75) is 0 Å². The maximum absolute atomic E-state index is 2.45. The van der Waals surface area contributed by atoms with Gasteiger partial charge < -0.3 is 13.7 Å². The van der Waals surface area contributed by atoms with E-state index in [1.807, 2.05) is 0 Å². The lowest BCUT2D eigenvalue weighted by atomic mass is 10.00. The first kappa shape index (κ1) is 31.7. The molecule has 0 N–H and O–H groups in total. The molecule has 3 nitrogen and oxygen atoms in total. The van der Waals surface area contributed by atoms with Crippen LogP contribution in [0, 0.1) is 0 Å². The average Bonchev–Trinajstić information content (AvgIpc) is 3.91. The van der Waals surface area contributed by atoms with E-state index >= 15 is 0 Å². The van der Waals surface area contributed by atoms with Crippen LogP contribution in [0.15, 0.2) is 212 Å². The maximum Gasteiger partial charge on any atom is 0.0562 e. The molecule has 57 heavy (non-hydrogen) atoms. The van der Waals surface area contributed by atoms with Crippen LogP contribution in [0.4, 0.5) is 0 Å². The summed E-state index contributed by atoms with van der Waals surface area (Å²) in [6.07, 6.45) is 0. The van der Waals surface area contributed by atoms with Crippen LogP contribution in [0.2, 0.25) is 0 Å². The highest BCUT2D eigenvalue weighted by Crippen LogP contribution is 2.42. The monoisotopic (exact) mass is 725 g/mol. The largest absolute Gasteiger partial charge is 0.309 e. The van der Waals surface area contributed by atoms with Gasteiger partial charge in [-0.2, -0.15) is 0 Å². The first-order valence-electron chi connectivity index (χ1n) is 19.6. The normalized spacial score (nSPS) is 11.9. The van der Waals surface area contributed by atoms with Gasteiger partial charge in [-0.3, -0.25) is 0 Å². The summed E-state index contributed by atoms with van der Waals surface area (Å²) in [4.78, 5) is 0. The van der Waals surface area contributed by atoms with Crippen molar-refractivity contribution in [3.63, 3.8) is 0 Å². The second kappa shape index (κ2) is 12.5. The molecule has 0 fully saturated rings. The molecular formula is C54H35N3. The summed E-state index contributed by atoms with van der Waals surface area (Å²) in [7, 11) is 0. The Hall–Kier alpha value is -7.62. The molecule has 3 aromatic heterocycles. The minimum Gasteiger partial charge on any atom is -0.309 e. The Labute approximate surface area is 329 Å². The van der Waals surface area contributed by atoms with Gasteiger partial charge in [-0.1, -0.05) is 127 Å². The van der Waals surface area contributed by atoms with Crippen molar-refractivity contribution in [3.8, 4) is 39.3 Å². The summed E-state index contributed by atoms with van der Waals surface area (Å²) in [6.45, 7) is 0. The molecule has 0 aliphatic carbocycles. The number of rotatable bonds is 5. The van der Waals surface area contributed by atoms with Crippen LogP contribution in [0.5, 0.6) is 0 Å². The summed E-state index contributed by atoms with van der Waals surface area (Å²) in [5, 5.41) is 7.49. The number of para-hydroxylation sites is 4. The van der Waals surface area contributed by atoms with Crippen LogP contribution in [0.25, 0.3) is 105 Å². The van der Waals surface area contributed by atoms with Crippen molar-refractivity contribution in [1.29, 1.82) is 0 Å². The van der Waals surface area contributed by atoms with Gasteiger partial charge in [-0.05, 0) is 107 Å². The van der Waals surface area contributed by atoms with Gasteiger partial charge >= 0.3 is 0 Å². The number of aromatic nitrogens is 3. The molecule has 0 saturated carbocycles. The fourth-order valence-electron chi connectivity index (χ4n) is 9.24. The van der Waals surface area contributed by atoms with Gasteiger partial charge in [-0.15, -0.1) is 0 Å². The SMILES string of the molecule is c1ccc(-c2ccc(-n3c4ccc(-c5ccc6c(c5)c5ccccc5n6-c5ccccc5)cc4c4cc5c6ccccc6n(-c6ccccc6)c5cc43)cc2)cc1. The van der Waals surface area contributed by atoms with E-state index in [0.29, 0.717) is 0 Å². The number of nitrogens with zero attached hydrogens (tertiary/aromatic N) is 3. The molecule has 12 rings (SSSR count). The van der Waals surface area contributed by atoms with Gasteiger partial charge in [-0.25, -0.2) is 0 Å². The predicted molar refractivity (Wildman–Crippen MR) is 240 cm³/mol. The Morgan fingerprint density at radius 3 is 1.09 bits per heavy atom. The van der Waals surface area contributed by atoms with Crippen molar-refractivity contribution >= 4 is 65.4 Å². The zero-order valence-electron chi connectivity index (χ0n) is 31.0. The second-order valence-electron chi connectivity index (χ2n) is 15.0. The van der Waals surface area contributed by atoms with Gasteiger partial charge in [0.2, 0.25) is 0 Å². The van der Waals surface area contributed by atoms with Crippen LogP contribution < -0.4 is 0 Å². The van der Waals surface area contributed by atoms with Gasteiger partial charge in [0, 0.05) is 49.4 Å². The average molecular weight is 726 g/mol. The highest BCUT2D eigenvalue weighted by molar-refractivity contribution is 6.20. The van der Waals surface area contributed by atoms with Crippen molar-refractivity contribution in [1.82, 2.24) is 13.7 Å². The van der Waals surface area contributed by atoms with E-state index in [0.717, 1.165) is 11.4 Å². The third-order valence-electron chi connectivity index (χ3n) is 11.8. The summed E-state index contributed by atoms with van der Waals surface area (Å²) in [5.74, 6) is 0. The zero-order chi connectivity index (χ0) is 37.5.